The first-order chi connectivity index (χ1) is 6.86. The summed E-state index contributed by atoms with van der Waals surface area (Å²) in [7, 11) is 0. The summed E-state index contributed by atoms with van der Waals surface area (Å²) in [6.07, 6.45) is 0. The van der Waals surface area contributed by atoms with Crippen LogP contribution in [0, 0.1) is 0 Å². The van der Waals surface area contributed by atoms with Crippen molar-refractivity contribution in [1.29, 1.82) is 0 Å². The van der Waals surface area contributed by atoms with Gasteiger partial charge in [-0.25, -0.2) is 9.36 Å². The van der Waals surface area contributed by atoms with Gasteiger partial charge in [-0.05, 0) is 12.1 Å². The van der Waals surface area contributed by atoms with Crippen molar-refractivity contribution in [3.63, 3.8) is 0 Å². The number of aromatic nitrogens is 2. The highest BCUT2D eigenvalue weighted by Gasteiger charge is 2.20. The van der Waals surface area contributed by atoms with Crippen molar-refractivity contribution in [3.05, 3.63) is 40.6 Å². The van der Waals surface area contributed by atoms with Crippen molar-refractivity contribution in [2.75, 3.05) is 0 Å². The number of fused-ring (bicyclic) bond motifs is 3. The van der Waals surface area contributed by atoms with E-state index in [-0.39, 0.29) is 0 Å². The van der Waals surface area contributed by atoms with Gasteiger partial charge in [0, 0.05) is 4.90 Å². The van der Waals surface area contributed by atoms with E-state index in [2.05, 4.69) is 9.68 Å². The maximum absolute atomic E-state index is 11.4. The Hall–Kier alpha value is -1.49. The standard InChI is InChI=1S/C9H6N2O2S/c12-9-11-6-3-1-2-4-7(6)14-5-8(11)10-13-9/h1-4H,5H2. The summed E-state index contributed by atoms with van der Waals surface area (Å²) < 4.78 is 6.14. The molecule has 1 aliphatic rings. The van der Waals surface area contributed by atoms with Crippen LogP contribution < -0.4 is 5.76 Å². The topological polar surface area (TPSA) is 48.0 Å². The third kappa shape index (κ3) is 0.957. The van der Waals surface area contributed by atoms with E-state index in [1.807, 2.05) is 24.3 Å². The van der Waals surface area contributed by atoms with Crippen LogP contribution in [0.3, 0.4) is 0 Å². The van der Waals surface area contributed by atoms with Gasteiger partial charge >= 0.3 is 5.76 Å². The number of nitrogens with zero attached hydrogens (tertiary/aromatic N) is 2. The van der Waals surface area contributed by atoms with Gasteiger partial charge in [-0.1, -0.05) is 17.3 Å². The van der Waals surface area contributed by atoms with Gasteiger partial charge in [0.2, 0.25) is 0 Å². The van der Waals surface area contributed by atoms with Crippen molar-refractivity contribution >= 4 is 11.8 Å². The lowest BCUT2D eigenvalue weighted by Crippen LogP contribution is -2.17. The van der Waals surface area contributed by atoms with Gasteiger partial charge in [0.05, 0.1) is 11.4 Å². The summed E-state index contributed by atoms with van der Waals surface area (Å²) in [4.78, 5) is 12.4. The maximum Gasteiger partial charge on any atom is 0.446 e. The lowest BCUT2D eigenvalue weighted by Gasteiger charge is -2.14. The monoisotopic (exact) mass is 206 g/mol. The van der Waals surface area contributed by atoms with E-state index in [9.17, 15) is 4.79 Å². The summed E-state index contributed by atoms with van der Waals surface area (Å²) in [6.45, 7) is 0. The number of rotatable bonds is 0. The van der Waals surface area contributed by atoms with E-state index in [1.54, 1.807) is 11.8 Å². The molecule has 3 rings (SSSR count). The van der Waals surface area contributed by atoms with Crippen molar-refractivity contribution in [1.82, 2.24) is 9.72 Å². The van der Waals surface area contributed by atoms with Crippen LogP contribution in [0.1, 0.15) is 5.82 Å². The van der Waals surface area contributed by atoms with E-state index in [0.717, 1.165) is 10.6 Å². The minimum atomic E-state index is -0.409. The molecule has 2 heterocycles. The molecule has 0 saturated heterocycles. The number of benzene rings is 1. The molecule has 1 aromatic heterocycles. The molecule has 1 aliphatic heterocycles. The predicted octanol–water partition coefficient (Wildman–Crippen LogP) is 1.43. The van der Waals surface area contributed by atoms with Gasteiger partial charge in [-0.2, -0.15) is 0 Å². The zero-order chi connectivity index (χ0) is 9.54. The number of para-hydroxylation sites is 1. The summed E-state index contributed by atoms with van der Waals surface area (Å²) in [5, 5.41) is 3.71. The summed E-state index contributed by atoms with van der Waals surface area (Å²) in [5.41, 5.74) is 0.866. The van der Waals surface area contributed by atoms with Crippen LogP contribution in [0.5, 0.6) is 0 Å². The Balaban J connectivity index is 2.38. The molecular weight excluding hydrogens is 200 g/mol. The fourth-order valence-electron chi connectivity index (χ4n) is 1.51. The second-order valence-corrected chi connectivity index (χ2v) is 3.97. The Labute approximate surface area is 83.5 Å². The first-order valence-electron chi connectivity index (χ1n) is 4.16. The van der Waals surface area contributed by atoms with Gasteiger partial charge in [0.15, 0.2) is 5.82 Å². The molecule has 0 saturated carbocycles. The summed E-state index contributed by atoms with van der Waals surface area (Å²) in [6, 6.07) is 7.73. The quantitative estimate of drug-likeness (QED) is 0.654. The number of thioether (sulfide) groups is 1. The molecule has 0 fully saturated rings. The lowest BCUT2D eigenvalue weighted by atomic mass is 10.3. The van der Waals surface area contributed by atoms with Crippen molar-refractivity contribution in [2.45, 2.75) is 10.6 Å². The predicted molar refractivity (Wildman–Crippen MR) is 51.7 cm³/mol. The Bertz CT molecular complexity index is 544. The molecule has 0 unspecified atom stereocenters. The van der Waals surface area contributed by atoms with Gasteiger partial charge in [-0.3, -0.25) is 4.52 Å². The molecule has 0 radical (unpaired) electrons. The molecule has 5 heteroatoms. The number of hydrogen-bond acceptors (Lipinski definition) is 4. The SMILES string of the molecule is O=c1onc2n1-c1ccccc1SC2. The van der Waals surface area contributed by atoms with E-state index in [0.29, 0.717) is 11.6 Å². The van der Waals surface area contributed by atoms with Crippen LogP contribution in [-0.4, -0.2) is 9.72 Å². The molecule has 0 spiro atoms. The van der Waals surface area contributed by atoms with Crippen LogP contribution in [-0.2, 0) is 5.75 Å². The molecule has 0 atom stereocenters. The van der Waals surface area contributed by atoms with Gasteiger partial charge < -0.3 is 0 Å². The minimum absolute atomic E-state index is 0.409. The van der Waals surface area contributed by atoms with E-state index in [4.69, 9.17) is 0 Å². The second-order valence-electron chi connectivity index (χ2n) is 2.96. The molecule has 2 aromatic rings. The third-order valence-electron chi connectivity index (χ3n) is 2.13. The highest BCUT2D eigenvalue weighted by molar-refractivity contribution is 7.98. The van der Waals surface area contributed by atoms with Gasteiger partial charge in [0.1, 0.15) is 0 Å². The second kappa shape index (κ2) is 2.75. The summed E-state index contributed by atoms with van der Waals surface area (Å²) in [5.74, 6) is 0.953. The normalized spacial score (nSPS) is 13.4. The first-order valence-corrected chi connectivity index (χ1v) is 5.14. The molecule has 1 aromatic carbocycles. The van der Waals surface area contributed by atoms with E-state index in [1.165, 1.54) is 4.57 Å². The average molecular weight is 206 g/mol. The molecule has 0 bridgehead atoms. The lowest BCUT2D eigenvalue weighted by molar-refractivity contribution is 0.380. The van der Waals surface area contributed by atoms with Crippen LogP contribution in [0.15, 0.2) is 38.5 Å². The van der Waals surface area contributed by atoms with Gasteiger partial charge in [0.25, 0.3) is 0 Å². The molecule has 0 aliphatic carbocycles. The Morgan fingerprint density at radius 2 is 2.29 bits per heavy atom. The minimum Gasteiger partial charge on any atom is -0.295 e. The fraction of sp³-hybridized carbons (Fsp3) is 0.111. The van der Waals surface area contributed by atoms with E-state index < -0.39 is 5.76 Å². The van der Waals surface area contributed by atoms with Gasteiger partial charge in [-0.15, -0.1) is 11.8 Å². The Morgan fingerprint density at radius 3 is 3.21 bits per heavy atom. The zero-order valence-electron chi connectivity index (χ0n) is 7.14. The van der Waals surface area contributed by atoms with Crippen LogP contribution in [0.4, 0.5) is 0 Å². The summed E-state index contributed by atoms with van der Waals surface area (Å²) >= 11 is 1.66. The highest BCUT2D eigenvalue weighted by atomic mass is 32.2. The third-order valence-corrected chi connectivity index (χ3v) is 3.19. The smallest absolute Gasteiger partial charge is 0.295 e. The van der Waals surface area contributed by atoms with Crippen molar-refractivity contribution in [2.24, 2.45) is 0 Å². The maximum atomic E-state index is 11.4. The Morgan fingerprint density at radius 1 is 1.43 bits per heavy atom. The molecular formula is C9H6N2O2S. The van der Waals surface area contributed by atoms with Crippen LogP contribution in [0.25, 0.3) is 5.69 Å². The fourth-order valence-corrected chi connectivity index (χ4v) is 2.46. The van der Waals surface area contributed by atoms with Crippen molar-refractivity contribution in [3.8, 4) is 5.69 Å². The molecule has 14 heavy (non-hydrogen) atoms. The largest absolute Gasteiger partial charge is 0.446 e. The first kappa shape index (κ1) is 7.87. The van der Waals surface area contributed by atoms with Crippen LogP contribution in [0.2, 0.25) is 0 Å². The Kier molecular flexibility index (Phi) is 1.55. The average Bonchev–Trinajstić information content (AvgIpc) is 2.61. The molecule has 0 amide bonds. The van der Waals surface area contributed by atoms with Crippen molar-refractivity contribution < 1.29 is 4.52 Å². The van der Waals surface area contributed by atoms with E-state index >= 15 is 0 Å². The molecule has 0 N–H and O–H groups in total. The van der Waals surface area contributed by atoms with Crippen LogP contribution >= 0.6 is 11.8 Å². The molecule has 4 nitrogen and oxygen atoms in total. The molecule has 70 valence electrons. The number of hydrogen-bond donors (Lipinski definition) is 0. The zero-order valence-corrected chi connectivity index (χ0v) is 7.95. The highest BCUT2D eigenvalue weighted by Crippen LogP contribution is 2.32.